The van der Waals surface area contributed by atoms with Crippen LogP contribution in [0.15, 0.2) is 36.4 Å². The van der Waals surface area contributed by atoms with E-state index in [-0.39, 0.29) is 11.8 Å². The lowest BCUT2D eigenvalue weighted by atomic mass is 10.1. The standard InChI is InChI=1S/C26H34N2O2S2/c1-19-9-20(2)12-23(11-19)15-31-17-25(29)27-5-7-28(8-6-27)26(30)18-32-16-24-13-21(3)10-22(4)14-24/h9-14H,5-8,15-18H2,1-4H3. The van der Waals surface area contributed by atoms with Crippen molar-refractivity contribution in [3.63, 3.8) is 0 Å². The van der Waals surface area contributed by atoms with Gasteiger partial charge in [-0.15, -0.1) is 23.5 Å². The fourth-order valence-corrected chi connectivity index (χ4v) is 5.93. The summed E-state index contributed by atoms with van der Waals surface area (Å²) in [4.78, 5) is 29.0. The summed E-state index contributed by atoms with van der Waals surface area (Å²) in [5, 5.41) is 0. The predicted octanol–water partition coefficient (Wildman–Crippen LogP) is 4.76. The first kappa shape index (κ1) is 24.7. The zero-order valence-corrected chi connectivity index (χ0v) is 21.3. The van der Waals surface area contributed by atoms with Crippen molar-refractivity contribution in [2.75, 3.05) is 37.7 Å². The van der Waals surface area contributed by atoms with E-state index in [4.69, 9.17) is 0 Å². The molecule has 2 amide bonds. The zero-order chi connectivity index (χ0) is 23.1. The van der Waals surface area contributed by atoms with Crippen molar-refractivity contribution in [3.05, 3.63) is 69.8 Å². The van der Waals surface area contributed by atoms with Gasteiger partial charge in [-0.3, -0.25) is 9.59 Å². The Morgan fingerprint density at radius 1 is 0.625 bits per heavy atom. The van der Waals surface area contributed by atoms with Gasteiger partial charge in [-0.05, 0) is 38.8 Å². The molecule has 6 heteroatoms. The van der Waals surface area contributed by atoms with E-state index >= 15 is 0 Å². The Morgan fingerprint density at radius 3 is 1.25 bits per heavy atom. The summed E-state index contributed by atoms with van der Waals surface area (Å²) in [7, 11) is 0. The third-order valence-corrected chi connectivity index (χ3v) is 7.51. The van der Waals surface area contributed by atoms with Crippen LogP contribution in [0.25, 0.3) is 0 Å². The minimum absolute atomic E-state index is 0.177. The van der Waals surface area contributed by atoms with E-state index in [0.717, 1.165) is 11.5 Å². The quantitative estimate of drug-likeness (QED) is 0.558. The van der Waals surface area contributed by atoms with Crippen molar-refractivity contribution < 1.29 is 9.59 Å². The summed E-state index contributed by atoms with van der Waals surface area (Å²) in [5.41, 5.74) is 7.60. The molecule has 32 heavy (non-hydrogen) atoms. The van der Waals surface area contributed by atoms with Crippen LogP contribution in [0, 0.1) is 27.7 Å². The molecule has 0 spiro atoms. The van der Waals surface area contributed by atoms with Gasteiger partial charge in [-0.25, -0.2) is 0 Å². The van der Waals surface area contributed by atoms with Crippen LogP contribution in [0.3, 0.4) is 0 Å². The molecule has 172 valence electrons. The molecule has 1 heterocycles. The van der Waals surface area contributed by atoms with E-state index in [9.17, 15) is 9.59 Å². The number of nitrogens with zero attached hydrogens (tertiary/aromatic N) is 2. The number of hydrogen-bond acceptors (Lipinski definition) is 4. The van der Waals surface area contributed by atoms with Crippen molar-refractivity contribution in [1.29, 1.82) is 0 Å². The van der Waals surface area contributed by atoms with Crippen LogP contribution in [-0.2, 0) is 21.1 Å². The highest BCUT2D eigenvalue weighted by Crippen LogP contribution is 2.18. The Balaban J connectivity index is 1.35. The molecule has 0 saturated carbocycles. The van der Waals surface area contributed by atoms with Gasteiger partial charge in [0.2, 0.25) is 11.8 Å². The monoisotopic (exact) mass is 470 g/mol. The summed E-state index contributed by atoms with van der Waals surface area (Å²) in [6.45, 7) is 11.0. The molecular weight excluding hydrogens is 436 g/mol. The Labute approximate surface area is 201 Å². The Hall–Kier alpha value is -1.92. The summed E-state index contributed by atoms with van der Waals surface area (Å²) in [5.74, 6) is 3.04. The SMILES string of the molecule is Cc1cc(C)cc(CSCC(=O)N2CCN(C(=O)CSCc3cc(C)cc(C)c3)CC2)c1. The lowest BCUT2D eigenvalue weighted by molar-refractivity contribution is -0.136. The molecule has 1 saturated heterocycles. The normalized spacial score (nSPS) is 14.0. The largest absolute Gasteiger partial charge is 0.338 e. The van der Waals surface area contributed by atoms with Crippen LogP contribution >= 0.6 is 23.5 Å². The molecule has 0 atom stereocenters. The molecule has 1 aliphatic heterocycles. The molecule has 4 nitrogen and oxygen atoms in total. The molecule has 0 bridgehead atoms. The summed E-state index contributed by atoms with van der Waals surface area (Å²) in [6.07, 6.45) is 0. The van der Waals surface area contributed by atoms with Gasteiger partial charge < -0.3 is 9.80 Å². The second-order valence-corrected chi connectivity index (χ2v) is 10.7. The maximum atomic E-state index is 12.6. The van der Waals surface area contributed by atoms with Crippen LogP contribution < -0.4 is 0 Å². The first-order chi connectivity index (χ1) is 15.3. The van der Waals surface area contributed by atoms with Gasteiger partial charge in [0.25, 0.3) is 0 Å². The van der Waals surface area contributed by atoms with E-state index in [0.29, 0.717) is 37.7 Å². The van der Waals surface area contributed by atoms with Gasteiger partial charge in [-0.2, -0.15) is 0 Å². The first-order valence-corrected chi connectivity index (χ1v) is 13.5. The third kappa shape index (κ3) is 7.59. The third-order valence-electron chi connectivity index (χ3n) is 5.54. The van der Waals surface area contributed by atoms with Crippen molar-refractivity contribution in [2.24, 2.45) is 0 Å². The Morgan fingerprint density at radius 2 is 0.938 bits per heavy atom. The maximum absolute atomic E-state index is 12.6. The average Bonchev–Trinajstić information content (AvgIpc) is 2.72. The van der Waals surface area contributed by atoms with E-state index in [1.54, 1.807) is 23.5 Å². The van der Waals surface area contributed by atoms with Crippen molar-refractivity contribution in [1.82, 2.24) is 9.80 Å². The second-order valence-electron chi connectivity index (χ2n) is 8.74. The number of carbonyl (C=O) groups excluding carboxylic acids is 2. The fraction of sp³-hybridized carbons (Fsp3) is 0.462. The lowest BCUT2D eigenvalue weighted by Gasteiger charge is -2.34. The molecule has 3 rings (SSSR count). The van der Waals surface area contributed by atoms with E-state index in [1.165, 1.54) is 33.4 Å². The van der Waals surface area contributed by atoms with E-state index in [1.807, 2.05) is 9.80 Å². The van der Waals surface area contributed by atoms with Crippen molar-refractivity contribution in [3.8, 4) is 0 Å². The van der Waals surface area contributed by atoms with Crippen molar-refractivity contribution >= 4 is 35.3 Å². The fourth-order valence-electron chi connectivity index (χ4n) is 4.20. The Kier molecular flexibility index (Phi) is 9.11. The van der Waals surface area contributed by atoms with Crippen LogP contribution in [0.5, 0.6) is 0 Å². The number of thioether (sulfide) groups is 2. The molecule has 0 N–H and O–H groups in total. The van der Waals surface area contributed by atoms with E-state index < -0.39 is 0 Å². The molecule has 0 radical (unpaired) electrons. The minimum Gasteiger partial charge on any atom is -0.338 e. The highest BCUT2D eigenvalue weighted by Gasteiger charge is 2.23. The van der Waals surface area contributed by atoms with E-state index in [2.05, 4.69) is 64.1 Å². The number of rotatable bonds is 8. The van der Waals surface area contributed by atoms with Gasteiger partial charge in [0.15, 0.2) is 0 Å². The van der Waals surface area contributed by atoms with Gasteiger partial charge >= 0.3 is 0 Å². The van der Waals surface area contributed by atoms with Gasteiger partial charge in [0.05, 0.1) is 11.5 Å². The number of benzene rings is 2. The number of carbonyl (C=O) groups is 2. The number of hydrogen-bond donors (Lipinski definition) is 0. The summed E-state index contributed by atoms with van der Waals surface area (Å²) in [6, 6.07) is 13.1. The summed E-state index contributed by atoms with van der Waals surface area (Å²) < 4.78 is 0. The predicted molar refractivity (Wildman–Crippen MR) is 137 cm³/mol. The molecule has 2 aromatic rings. The number of aryl methyl sites for hydroxylation is 4. The maximum Gasteiger partial charge on any atom is 0.232 e. The van der Waals surface area contributed by atoms with Crippen molar-refractivity contribution in [2.45, 2.75) is 39.2 Å². The van der Waals surface area contributed by atoms with Gasteiger partial charge in [0, 0.05) is 37.7 Å². The molecule has 0 unspecified atom stereocenters. The molecule has 2 aromatic carbocycles. The zero-order valence-electron chi connectivity index (χ0n) is 19.6. The van der Waals surface area contributed by atoms with Crippen LogP contribution in [0.4, 0.5) is 0 Å². The first-order valence-electron chi connectivity index (χ1n) is 11.2. The number of amides is 2. The molecular formula is C26H34N2O2S2. The topological polar surface area (TPSA) is 40.6 Å². The number of piperazine rings is 1. The molecule has 1 fully saturated rings. The van der Waals surface area contributed by atoms with Gasteiger partial charge in [-0.1, -0.05) is 58.7 Å². The highest BCUT2D eigenvalue weighted by atomic mass is 32.2. The summed E-state index contributed by atoms with van der Waals surface area (Å²) >= 11 is 3.34. The highest BCUT2D eigenvalue weighted by molar-refractivity contribution is 7.99. The van der Waals surface area contributed by atoms with Crippen LogP contribution in [0.2, 0.25) is 0 Å². The molecule has 1 aliphatic rings. The van der Waals surface area contributed by atoms with Crippen LogP contribution in [-0.4, -0.2) is 59.3 Å². The minimum atomic E-state index is 0.177. The average molecular weight is 471 g/mol. The second kappa shape index (κ2) is 11.8. The van der Waals surface area contributed by atoms with Crippen LogP contribution in [0.1, 0.15) is 33.4 Å². The van der Waals surface area contributed by atoms with Gasteiger partial charge in [0.1, 0.15) is 0 Å². The molecule has 0 aliphatic carbocycles. The molecule has 0 aromatic heterocycles. The smallest absolute Gasteiger partial charge is 0.232 e. The lowest BCUT2D eigenvalue weighted by Crippen LogP contribution is -2.51. The Bertz CT molecular complexity index is 835.